The van der Waals surface area contributed by atoms with E-state index in [1.807, 2.05) is 0 Å². The molecular formula is C31H62O4S. The van der Waals surface area contributed by atoms with Crippen LogP contribution in [0.25, 0.3) is 0 Å². The fourth-order valence-electron chi connectivity index (χ4n) is 4.87. The van der Waals surface area contributed by atoms with E-state index >= 15 is 0 Å². The van der Waals surface area contributed by atoms with Crippen LogP contribution in [0.3, 0.4) is 0 Å². The lowest BCUT2D eigenvalue weighted by Crippen LogP contribution is -2.12. The van der Waals surface area contributed by atoms with Crippen molar-refractivity contribution < 1.29 is 17.2 Å². The van der Waals surface area contributed by atoms with Gasteiger partial charge in [-0.3, -0.25) is 4.55 Å². The third-order valence-electron chi connectivity index (χ3n) is 7.24. The lowest BCUT2D eigenvalue weighted by molar-refractivity contribution is 0.234. The summed E-state index contributed by atoms with van der Waals surface area (Å²) < 4.78 is 35.6. The van der Waals surface area contributed by atoms with Gasteiger partial charge in [-0.2, -0.15) is 8.42 Å². The van der Waals surface area contributed by atoms with Crippen molar-refractivity contribution in [3.8, 4) is 0 Å². The third kappa shape index (κ3) is 29.8. The van der Waals surface area contributed by atoms with Gasteiger partial charge in [-0.1, -0.05) is 167 Å². The fraction of sp³-hybridized carbons (Fsp3) is 0.935. The topological polar surface area (TPSA) is 63.6 Å². The van der Waals surface area contributed by atoms with Gasteiger partial charge in [0.05, 0.1) is 6.61 Å². The molecule has 0 rings (SSSR count). The quantitative estimate of drug-likeness (QED) is 0.0593. The maximum Gasteiger partial charge on any atom is 0.397 e. The molecular weight excluding hydrogens is 468 g/mol. The Kier molecular flexibility index (Phi) is 27.3. The van der Waals surface area contributed by atoms with Crippen LogP contribution in [0.15, 0.2) is 12.2 Å². The Labute approximate surface area is 226 Å². The Morgan fingerprint density at radius 3 is 1.33 bits per heavy atom. The largest absolute Gasteiger partial charge is 0.397 e. The van der Waals surface area contributed by atoms with Crippen LogP contribution in [0.1, 0.15) is 174 Å². The molecule has 0 aliphatic heterocycles. The second kappa shape index (κ2) is 27.6. The van der Waals surface area contributed by atoms with Crippen molar-refractivity contribution in [3.63, 3.8) is 0 Å². The van der Waals surface area contributed by atoms with Gasteiger partial charge in [0.2, 0.25) is 0 Å². The van der Waals surface area contributed by atoms with Crippen molar-refractivity contribution >= 4 is 10.4 Å². The van der Waals surface area contributed by atoms with E-state index in [0.717, 1.165) is 19.3 Å². The maximum atomic E-state index is 11.0. The molecule has 1 atom stereocenters. The molecule has 5 heteroatoms. The minimum absolute atomic E-state index is 0.0463. The molecule has 36 heavy (non-hydrogen) atoms. The molecule has 0 spiro atoms. The first-order valence-electron chi connectivity index (χ1n) is 15.8. The van der Waals surface area contributed by atoms with E-state index in [4.69, 9.17) is 4.55 Å². The summed E-state index contributed by atoms with van der Waals surface area (Å²) in [6.07, 6.45) is 36.9. The zero-order valence-electron chi connectivity index (χ0n) is 24.2. The minimum Gasteiger partial charge on any atom is -0.264 e. The Bertz CT molecular complexity index is 559. The smallest absolute Gasteiger partial charge is 0.264 e. The predicted molar refractivity (Wildman–Crippen MR) is 157 cm³/mol. The first kappa shape index (κ1) is 35.6. The van der Waals surface area contributed by atoms with E-state index in [-0.39, 0.29) is 12.5 Å². The second-order valence-electron chi connectivity index (χ2n) is 10.9. The highest BCUT2D eigenvalue weighted by molar-refractivity contribution is 7.80. The van der Waals surface area contributed by atoms with Gasteiger partial charge in [0.25, 0.3) is 0 Å². The van der Waals surface area contributed by atoms with E-state index in [2.05, 4.69) is 30.2 Å². The highest BCUT2D eigenvalue weighted by atomic mass is 32.3. The molecule has 0 aromatic carbocycles. The van der Waals surface area contributed by atoms with Crippen LogP contribution in [-0.4, -0.2) is 19.6 Å². The van der Waals surface area contributed by atoms with Gasteiger partial charge in [-0.25, -0.2) is 4.18 Å². The Balaban J connectivity index is 3.70. The number of allylic oxidation sites excluding steroid dienone is 1. The average molecular weight is 531 g/mol. The molecule has 4 nitrogen and oxygen atoms in total. The summed E-state index contributed by atoms with van der Waals surface area (Å²) in [5.41, 5.74) is 0. The fourth-order valence-corrected chi connectivity index (χ4v) is 5.22. The molecule has 1 N–H and O–H groups in total. The van der Waals surface area contributed by atoms with E-state index in [9.17, 15) is 8.42 Å². The first-order chi connectivity index (χ1) is 17.5. The number of hydrogen-bond donors (Lipinski definition) is 1. The predicted octanol–water partition coefficient (Wildman–Crippen LogP) is 10.8. The van der Waals surface area contributed by atoms with Crippen molar-refractivity contribution in [3.05, 3.63) is 12.2 Å². The van der Waals surface area contributed by atoms with Crippen LogP contribution >= 0.6 is 0 Å². The molecule has 0 amide bonds. The molecule has 0 fully saturated rings. The highest BCUT2D eigenvalue weighted by Gasteiger charge is 2.11. The molecule has 0 radical (unpaired) electrons. The Morgan fingerprint density at radius 2 is 0.944 bits per heavy atom. The molecule has 1 unspecified atom stereocenters. The van der Waals surface area contributed by atoms with E-state index in [1.165, 1.54) is 141 Å². The van der Waals surface area contributed by atoms with Crippen molar-refractivity contribution in [2.45, 2.75) is 174 Å². The van der Waals surface area contributed by atoms with Crippen LogP contribution in [0.4, 0.5) is 0 Å². The lowest BCUT2D eigenvalue weighted by Gasteiger charge is -2.12. The molecule has 0 aliphatic carbocycles. The summed E-state index contributed by atoms with van der Waals surface area (Å²) in [6, 6.07) is 0. The first-order valence-corrected chi connectivity index (χ1v) is 17.1. The third-order valence-corrected chi connectivity index (χ3v) is 7.68. The van der Waals surface area contributed by atoms with Crippen LogP contribution in [0.5, 0.6) is 0 Å². The van der Waals surface area contributed by atoms with Gasteiger partial charge in [-0.05, 0) is 19.3 Å². The van der Waals surface area contributed by atoms with Crippen molar-refractivity contribution in [1.29, 1.82) is 0 Å². The van der Waals surface area contributed by atoms with Crippen molar-refractivity contribution in [1.82, 2.24) is 0 Å². The summed E-state index contributed by atoms with van der Waals surface area (Å²) in [7, 11) is -4.36. The normalized spacial score (nSPS) is 13.1. The summed E-state index contributed by atoms with van der Waals surface area (Å²) in [6.45, 7) is 4.56. The van der Waals surface area contributed by atoms with Gasteiger partial charge in [0.15, 0.2) is 0 Å². The number of unbranched alkanes of at least 4 members (excludes halogenated alkanes) is 22. The number of rotatable bonds is 29. The van der Waals surface area contributed by atoms with E-state index < -0.39 is 10.4 Å². The van der Waals surface area contributed by atoms with Crippen LogP contribution in [0.2, 0.25) is 0 Å². The molecule has 0 saturated heterocycles. The summed E-state index contributed by atoms with van der Waals surface area (Å²) in [4.78, 5) is 0. The molecule has 0 aliphatic rings. The van der Waals surface area contributed by atoms with Crippen LogP contribution in [-0.2, 0) is 14.6 Å². The number of hydrogen-bond acceptors (Lipinski definition) is 3. The zero-order chi connectivity index (χ0) is 26.6. The lowest BCUT2D eigenvalue weighted by atomic mass is 9.99. The molecule has 0 saturated carbocycles. The Morgan fingerprint density at radius 1 is 0.583 bits per heavy atom. The SMILES string of the molecule is CCCCCCCC/C=C/C(CCCCCCCCCCCCCCCCCCC)COS(=O)(=O)O. The molecule has 0 bridgehead atoms. The van der Waals surface area contributed by atoms with Crippen molar-refractivity contribution in [2.24, 2.45) is 5.92 Å². The molecule has 216 valence electrons. The van der Waals surface area contributed by atoms with E-state index in [1.54, 1.807) is 0 Å². The second-order valence-corrected chi connectivity index (χ2v) is 12.0. The zero-order valence-corrected chi connectivity index (χ0v) is 25.0. The average Bonchev–Trinajstić information content (AvgIpc) is 2.85. The molecule has 0 heterocycles. The van der Waals surface area contributed by atoms with Gasteiger partial charge in [0.1, 0.15) is 0 Å². The Hall–Kier alpha value is -0.390. The molecule has 0 aromatic rings. The van der Waals surface area contributed by atoms with Gasteiger partial charge < -0.3 is 0 Å². The maximum absolute atomic E-state index is 11.0. The van der Waals surface area contributed by atoms with Crippen LogP contribution < -0.4 is 0 Å². The summed E-state index contributed by atoms with van der Waals surface area (Å²) in [5.74, 6) is 0.0587. The van der Waals surface area contributed by atoms with Gasteiger partial charge in [-0.15, -0.1) is 0 Å². The molecule has 0 aromatic heterocycles. The van der Waals surface area contributed by atoms with E-state index in [0.29, 0.717) is 0 Å². The van der Waals surface area contributed by atoms with Gasteiger partial charge >= 0.3 is 10.4 Å². The standard InChI is InChI=1S/C31H62O4S/c1-3-5-7-9-11-13-14-15-16-17-18-19-20-21-23-25-27-29-31(30-35-36(32,33)34)28-26-24-22-12-10-8-6-4-2/h26,28,31H,3-25,27,29-30H2,1-2H3,(H,32,33,34)/b28-26+. The van der Waals surface area contributed by atoms with Gasteiger partial charge in [0, 0.05) is 5.92 Å². The monoisotopic (exact) mass is 530 g/mol. The summed E-state index contributed by atoms with van der Waals surface area (Å²) >= 11 is 0. The highest BCUT2D eigenvalue weighted by Crippen LogP contribution is 2.17. The van der Waals surface area contributed by atoms with Crippen molar-refractivity contribution in [2.75, 3.05) is 6.61 Å². The van der Waals surface area contributed by atoms with Crippen LogP contribution in [0, 0.1) is 5.92 Å². The summed E-state index contributed by atoms with van der Waals surface area (Å²) in [5, 5.41) is 0. The minimum atomic E-state index is -4.36.